The second-order valence-electron chi connectivity index (χ2n) is 17.4. The molecule has 0 saturated heterocycles. The van der Waals surface area contributed by atoms with E-state index in [2.05, 4.69) is 97.5 Å². The molecule has 0 unspecified atom stereocenters. The molecular formula is C56H82N2O4. The normalized spacial score (nSPS) is 11.7. The number of nitrogens with zero attached hydrogens (tertiary/aromatic N) is 2. The maximum atomic E-state index is 12.2. The van der Waals surface area contributed by atoms with Gasteiger partial charge < -0.3 is 18.6 Å². The second-order valence-corrected chi connectivity index (χ2v) is 17.4. The van der Waals surface area contributed by atoms with E-state index in [1.54, 1.807) is 0 Å². The molecule has 0 fully saturated rings. The molecule has 0 aliphatic heterocycles. The fraction of sp³-hybridized carbons (Fsp3) is 0.571. The summed E-state index contributed by atoms with van der Waals surface area (Å²) in [7, 11) is 0. The van der Waals surface area contributed by atoms with Crippen molar-refractivity contribution in [2.45, 2.75) is 195 Å². The van der Waals surface area contributed by atoms with Gasteiger partial charge in [-0.25, -0.2) is 0 Å². The number of aldehydes is 2. The van der Waals surface area contributed by atoms with Gasteiger partial charge in [0.2, 0.25) is 0 Å². The first kappa shape index (κ1) is 50.3. The molecule has 0 bridgehead atoms. The van der Waals surface area contributed by atoms with Crippen LogP contribution in [0.25, 0.3) is 35.1 Å². The molecule has 6 nitrogen and oxygen atoms in total. The Kier molecular flexibility index (Phi) is 24.9. The fourth-order valence-corrected chi connectivity index (χ4v) is 8.59. The molecule has 0 atom stereocenters. The number of carbonyl (C=O) groups is 2. The highest BCUT2D eigenvalue weighted by Gasteiger charge is 2.16. The van der Waals surface area contributed by atoms with Crippen molar-refractivity contribution < 1.29 is 19.1 Å². The largest absolute Gasteiger partial charge is 0.493 e. The van der Waals surface area contributed by atoms with Crippen molar-refractivity contribution >= 4 is 47.6 Å². The van der Waals surface area contributed by atoms with Gasteiger partial charge in [0.25, 0.3) is 0 Å². The van der Waals surface area contributed by atoms with Crippen LogP contribution < -0.4 is 9.47 Å². The van der Waals surface area contributed by atoms with Gasteiger partial charge in [0.1, 0.15) is 11.5 Å². The molecule has 0 N–H and O–H groups in total. The second kappa shape index (κ2) is 30.7. The highest BCUT2D eigenvalue weighted by Crippen LogP contribution is 2.40. The Morgan fingerprint density at radius 2 is 0.694 bits per heavy atom. The summed E-state index contributed by atoms with van der Waals surface area (Å²) in [5.74, 6) is 1.72. The first-order valence-corrected chi connectivity index (χ1v) is 25.1. The van der Waals surface area contributed by atoms with Gasteiger partial charge in [-0.2, -0.15) is 0 Å². The summed E-state index contributed by atoms with van der Waals surface area (Å²) in [6, 6.07) is 16.6. The van der Waals surface area contributed by atoms with Crippen LogP contribution in [0.5, 0.6) is 11.5 Å². The average molecular weight is 847 g/mol. The Balaban J connectivity index is 1.74. The molecule has 2 heterocycles. The lowest BCUT2D eigenvalue weighted by molar-refractivity contribution is 0.110. The molecule has 0 aliphatic carbocycles. The monoisotopic (exact) mass is 847 g/mol. The number of benzene rings is 2. The molecule has 4 aromatic rings. The molecule has 4 rings (SSSR count). The van der Waals surface area contributed by atoms with Gasteiger partial charge >= 0.3 is 0 Å². The van der Waals surface area contributed by atoms with E-state index in [4.69, 9.17) is 9.47 Å². The first-order chi connectivity index (χ1) is 30.6. The number of ether oxygens (including phenoxy) is 2. The number of hydrogen-bond donors (Lipinski definition) is 0. The Morgan fingerprint density at radius 1 is 0.371 bits per heavy atom. The van der Waals surface area contributed by atoms with Crippen molar-refractivity contribution in [3.63, 3.8) is 0 Å². The Morgan fingerprint density at radius 3 is 1.05 bits per heavy atom. The van der Waals surface area contributed by atoms with Crippen molar-refractivity contribution in [3.05, 3.63) is 82.4 Å². The lowest BCUT2D eigenvalue weighted by atomic mass is 9.97. The van der Waals surface area contributed by atoms with Crippen LogP contribution in [0.15, 0.2) is 48.5 Å². The summed E-state index contributed by atoms with van der Waals surface area (Å²) in [5.41, 5.74) is 5.59. The first-order valence-electron chi connectivity index (χ1n) is 25.1. The third-order valence-electron chi connectivity index (χ3n) is 12.3. The van der Waals surface area contributed by atoms with E-state index < -0.39 is 0 Å². The van der Waals surface area contributed by atoms with Crippen LogP contribution >= 0.6 is 0 Å². The van der Waals surface area contributed by atoms with Crippen LogP contribution in [0.1, 0.15) is 225 Å². The molecule has 340 valence electrons. The van der Waals surface area contributed by atoms with Crippen LogP contribution in [0, 0.1) is 0 Å². The summed E-state index contributed by atoms with van der Waals surface area (Å²) in [6.07, 6.45) is 39.6. The van der Waals surface area contributed by atoms with Gasteiger partial charge in [-0.15, -0.1) is 0 Å². The van der Waals surface area contributed by atoms with Crippen LogP contribution in [-0.2, 0) is 13.1 Å². The number of unbranched alkanes of at least 4 members (excludes halogenated alkanes) is 20. The number of aromatic nitrogens is 2. The number of hydrogen-bond acceptors (Lipinski definition) is 4. The van der Waals surface area contributed by atoms with Crippen LogP contribution in [0.4, 0.5) is 0 Å². The van der Waals surface area contributed by atoms with E-state index >= 15 is 0 Å². The molecule has 0 spiro atoms. The van der Waals surface area contributed by atoms with Crippen molar-refractivity contribution in [3.8, 4) is 11.5 Å². The van der Waals surface area contributed by atoms with Gasteiger partial charge in [-0.05, 0) is 85.4 Å². The SMILES string of the molecule is CCCCCCCCOc1ccc(/C=C/c2ccc(C=O)n2CCCCCCCC)c2c(OCCCCCCCC)ccc(/C=C/c3ccc(C=O)n3CCCCCCCC)c12. The minimum atomic E-state index is 0.659. The van der Waals surface area contributed by atoms with E-state index in [9.17, 15) is 9.59 Å². The molecule has 2 aromatic carbocycles. The molecule has 6 heteroatoms. The van der Waals surface area contributed by atoms with Crippen molar-refractivity contribution in [1.29, 1.82) is 0 Å². The van der Waals surface area contributed by atoms with E-state index in [0.29, 0.717) is 13.2 Å². The summed E-state index contributed by atoms with van der Waals surface area (Å²) >= 11 is 0. The van der Waals surface area contributed by atoms with Gasteiger partial charge in [0.05, 0.1) is 24.6 Å². The van der Waals surface area contributed by atoms with Crippen molar-refractivity contribution in [1.82, 2.24) is 9.13 Å². The van der Waals surface area contributed by atoms with E-state index in [0.717, 1.165) is 120 Å². The topological polar surface area (TPSA) is 62.5 Å². The number of rotatable bonds is 36. The lowest BCUT2D eigenvalue weighted by Gasteiger charge is -2.18. The zero-order chi connectivity index (χ0) is 44.0. The number of fused-ring (bicyclic) bond motifs is 1. The molecule has 0 amide bonds. The van der Waals surface area contributed by atoms with Crippen LogP contribution in [0.2, 0.25) is 0 Å². The molecule has 0 aliphatic rings. The summed E-state index contributed by atoms with van der Waals surface area (Å²) in [5, 5.41) is 2.08. The maximum Gasteiger partial charge on any atom is 0.166 e. The summed E-state index contributed by atoms with van der Waals surface area (Å²) in [4.78, 5) is 24.3. The highest BCUT2D eigenvalue weighted by molar-refractivity contribution is 6.05. The van der Waals surface area contributed by atoms with E-state index in [1.807, 2.05) is 12.1 Å². The quantitative estimate of drug-likeness (QED) is 0.0338. The van der Waals surface area contributed by atoms with E-state index in [-0.39, 0.29) is 0 Å². The smallest absolute Gasteiger partial charge is 0.166 e. The van der Waals surface area contributed by atoms with Crippen LogP contribution in [-0.4, -0.2) is 34.9 Å². The predicted molar refractivity (Wildman–Crippen MR) is 266 cm³/mol. The van der Waals surface area contributed by atoms with Crippen molar-refractivity contribution in [2.24, 2.45) is 0 Å². The lowest BCUT2D eigenvalue weighted by Crippen LogP contribution is -2.04. The van der Waals surface area contributed by atoms with Crippen molar-refractivity contribution in [2.75, 3.05) is 13.2 Å². The third kappa shape index (κ3) is 16.8. The zero-order valence-electron chi connectivity index (χ0n) is 39.4. The Bertz CT molecular complexity index is 1770. The highest BCUT2D eigenvalue weighted by atomic mass is 16.5. The molecule has 62 heavy (non-hydrogen) atoms. The average Bonchev–Trinajstić information content (AvgIpc) is 3.89. The molecule has 0 radical (unpaired) electrons. The maximum absolute atomic E-state index is 12.2. The Labute approximate surface area is 376 Å². The van der Waals surface area contributed by atoms with Crippen LogP contribution in [0.3, 0.4) is 0 Å². The Hall–Kier alpha value is -4.32. The molecular weight excluding hydrogens is 765 g/mol. The standard InChI is InChI=1S/C56H82N2O4/c1-5-9-13-17-21-25-41-57-49(35-37-51(57)45-59)33-29-47-31-39-54(62-44-28-24-20-16-12-8-4)56-48(32-40-53(55(47)56)61-43-27-23-19-15-11-7-3)30-34-50-36-38-52(46-60)58(50)42-26-22-18-14-10-6-2/h29-40,45-46H,5-28,41-44H2,1-4H3/b33-29+,34-30+. The van der Waals surface area contributed by atoms with Gasteiger partial charge in [0.15, 0.2) is 12.6 Å². The van der Waals surface area contributed by atoms with Gasteiger partial charge in [-0.3, -0.25) is 9.59 Å². The fourth-order valence-electron chi connectivity index (χ4n) is 8.59. The van der Waals surface area contributed by atoms with Gasteiger partial charge in [0, 0.05) is 35.2 Å². The number of carbonyl (C=O) groups excluding carboxylic acids is 2. The predicted octanol–water partition coefficient (Wildman–Crippen LogP) is 16.6. The molecule has 0 saturated carbocycles. The zero-order valence-corrected chi connectivity index (χ0v) is 39.4. The summed E-state index contributed by atoms with van der Waals surface area (Å²) in [6.45, 7) is 12.0. The molecule has 2 aromatic heterocycles. The third-order valence-corrected chi connectivity index (χ3v) is 12.3. The summed E-state index contributed by atoms with van der Waals surface area (Å²) < 4.78 is 17.8. The minimum absolute atomic E-state index is 0.659. The van der Waals surface area contributed by atoms with E-state index in [1.165, 1.54) is 116 Å². The van der Waals surface area contributed by atoms with Gasteiger partial charge in [-0.1, -0.05) is 180 Å². The minimum Gasteiger partial charge on any atom is -0.493 e.